The van der Waals surface area contributed by atoms with Gasteiger partial charge in [-0.05, 0) is 23.1 Å². The van der Waals surface area contributed by atoms with Gasteiger partial charge in [0.1, 0.15) is 12.1 Å². The van der Waals surface area contributed by atoms with Gasteiger partial charge in [0.25, 0.3) is 0 Å². The lowest BCUT2D eigenvalue weighted by Crippen LogP contribution is -2.15. The molecule has 2 aromatic heterocycles. The molecule has 0 fully saturated rings. The van der Waals surface area contributed by atoms with Gasteiger partial charge in [-0.15, -0.1) is 5.10 Å². The Bertz CT molecular complexity index is 1710. The minimum atomic E-state index is -0.0861. The molecule has 34 heavy (non-hydrogen) atoms. The van der Waals surface area contributed by atoms with Crippen molar-refractivity contribution in [3.8, 4) is 23.0 Å². The molecule has 0 saturated carbocycles. The van der Waals surface area contributed by atoms with Crippen LogP contribution in [-0.4, -0.2) is 19.6 Å². The first-order chi connectivity index (χ1) is 16.8. The smallest absolute Gasteiger partial charge is 0.228 e. The van der Waals surface area contributed by atoms with E-state index in [-0.39, 0.29) is 5.92 Å². The Morgan fingerprint density at radius 3 is 2.50 bits per heavy atom. The molecule has 1 aliphatic heterocycles. The fourth-order valence-electron chi connectivity index (χ4n) is 4.80. The van der Waals surface area contributed by atoms with E-state index in [9.17, 15) is 0 Å². The maximum Gasteiger partial charge on any atom is 0.228 e. The molecule has 4 aromatic carbocycles. The molecule has 1 atom stereocenters. The maximum atomic E-state index is 6.49. The molecule has 0 bridgehead atoms. The first kappa shape index (κ1) is 19.4. The van der Waals surface area contributed by atoms with Gasteiger partial charge in [0.05, 0.1) is 5.56 Å². The minimum Gasteiger partial charge on any atom is -0.438 e. The van der Waals surface area contributed by atoms with Crippen LogP contribution in [0.1, 0.15) is 22.6 Å². The van der Waals surface area contributed by atoms with Gasteiger partial charge in [-0.1, -0.05) is 94.8 Å². The second-order valence-corrected chi connectivity index (χ2v) is 9.15. The molecule has 7 rings (SSSR count). The molecule has 0 spiro atoms. The monoisotopic (exact) mass is 504 g/mol. The zero-order chi connectivity index (χ0) is 22.6. The number of hydrogen-bond acceptors (Lipinski definition) is 4. The van der Waals surface area contributed by atoms with Gasteiger partial charge in [0, 0.05) is 26.9 Å². The number of ether oxygens (including phenoxy) is 1. The third kappa shape index (κ3) is 2.89. The van der Waals surface area contributed by atoms with Crippen molar-refractivity contribution in [3.63, 3.8) is 0 Å². The van der Waals surface area contributed by atoms with Gasteiger partial charge in [-0.25, -0.2) is 14.5 Å². The lowest BCUT2D eigenvalue weighted by Gasteiger charge is -2.28. The zero-order valence-electron chi connectivity index (χ0n) is 17.9. The van der Waals surface area contributed by atoms with Crippen molar-refractivity contribution in [2.75, 3.05) is 0 Å². The van der Waals surface area contributed by atoms with Crippen LogP contribution in [0, 0.1) is 0 Å². The first-order valence-electron chi connectivity index (χ1n) is 11.0. The average Bonchev–Trinajstić information content (AvgIpc) is 3.32. The van der Waals surface area contributed by atoms with E-state index in [1.54, 1.807) is 10.8 Å². The Kier molecular flexibility index (Phi) is 4.29. The van der Waals surface area contributed by atoms with Crippen molar-refractivity contribution in [2.24, 2.45) is 0 Å². The summed E-state index contributed by atoms with van der Waals surface area (Å²) in [4.78, 5) is 9.65. The molecule has 0 saturated heterocycles. The van der Waals surface area contributed by atoms with E-state index in [2.05, 4.69) is 69.4 Å². The molecular formula is C28H17BrN4O. The third-order valence-electron chi connectivity index (χ3n) is 6.34. The SMILES string of the molecule is Brc1ccccc1-c1nc2c3c(ncn2n1)Oc1c(ccc2ccccc12)[C@H]3c1ccccc1. The fourth-order valence-corrected chi connectivity index (χ4v) is 5.26. The van der Waals surface area contributed by atoms with E-state index < -0.39 is 0 Å². The normalized spacial score (nSPS) is 14.6. The molecule has 6 heteroatoms. The van der Waals surface area contributed by atoms with Crippen LogP contribution >= 0.6 is 15.9 Å². The highest BCUT2D eigenvalue weighted by Gasteiger charge is 2.34. The van der Waals surface area contributed by atoms with E-state index in [0.717, 1.165) is 48.9 Å². The summed E-state index contributed by atoms with van der Waals surface area (Å²) in [5.41, 5.74) is 4.84. The molecule has 6 aromatic rings. The van der Waals surface area contributed by atoms with Crippen LogP contribution in [0.25, 0.3) is 27.8 Å². The Labute approximate surface area is 203 Å². The summed E-state index contributed by atoms with van der Waals surface area (Å²) in [5.74, 6) is 1.97. The number of hydrogen-bond donors (Lipinski definition) is 0. The summed E-state index contributed by atoms with van der Waals surface area (Å²) in [6.45, 7) is 0. The topological polar surface area (TPSA) is 52.3 Å². The highest BCUT2D eigenvalue weighted by molar-refractivity contribution is 9.10. The van der Waals surface area contributed by atoms with E-state index in [4.69, 9.17) is 14.8 Å². The van der Waals surface area contributed by atoms with Crippen molar-refractivity contribution >= 4 is 32.3 Å². The highest BCUT2D eigenvalue weighted by atomic mass is 79.9. The lowest BCUT2D eigenvalue weighted by molar-refractivity contribution is 0.437. The predicted octanol–water partition coefficient (Wildman–Crippen LogP) is 6.99. The summed E-state index contributed by atoms with van der Waals surface area (Å²) in [5, 5.41) is 6.95. The van der Waals surface area contributed by atoms with Gasteiger partial charge >= 0.3 is 0 Å². The average molecular weight is 505 g/mol. The van der Waals surface area contributed by atoms with Crippen molar-refractivity contribution in [1.82, 2.24) is 19.6 Å². The van der Waals surface area contributed by atoms with Gasteiger partial charge in [-0.2, -0.15) is 0 Å². The molecule has 3 heterocycles. The second-order valence-electron chi connectivity index (χ2n) is 8.30. The Hall–Kier alpha value is -4.03. The van der Waals surface area contributed by atoms with Crippen LogP contribution in [0.4, 0.5) is 0 Å². The minimum absolute atomic E-state index is 0.0861. The predicted molar refractivity (Wildman–Crippen MR) is 135 cm³/mol. The van der Waals surface area contributed by atoms with E-state index in [0.29, 0.717) is 11.7 Å². The Balaban J connectivity index is 1.53. The van der Waals surface area contributed by atoms with E-state index >= 15 is 0 Å². The largest absolute Gasteiger partial charge is 0.438 e. The van der Waals surface area contributed by atoms with Crippen LogP contribution in [0.3, 0.4) is 0 Å². The number of rotatable bonds is 2. The Morgan fingerprint density at radius 2 is 1.62 bits per heavy atom. The van der Waals surface area contributed by atoms with Crippen LogP contribution in [-0.2, 0) is 0 Å². The third-order valence-corrected chi connectivity index (χ3v) is 7.03. The quantitative estimate of drug-likeness (QED) is 0.254. The number of halogens is 1. The van der Waals surface area contributed by atoms with Crippen molar-refractivity contribution < 1.29 is 4.74 Å². The molecule has 162 valence electrons. The second kappa shape index (κ2) is 7.50. The molecule has 1 aliphatic rings. The van der Waals surface area contributed by atoms with Crippen molar-refractivity contribution in [3.05, 3.63) is 118 Å². The molecule has 5 nitrogen and oxygen atoms in total. The van der Waals surface area contributed by atoms with Crippen LogP contribution < -0.4 is 4.74 Å². The standard InChI is InChI=1S/C28H17BrN4O/c29-22-13-7-6-12-20(22)26-31-27-24-23(18-9-2-1-3-10-18)21-15-14-17-8-4-5-11-19(17)25(21)34-28(24)30-16-33(27)32-26/h1-16,23H/t23-/m1/s1. The Morgan fingerprint density at radius 1 is 0.824 bits per heavy atom. The molecule has 0 radical (unpaired) electrons. The molecule has 0 N–H and O–H groups in total. The van der Waals surface area contributed by atoms with Gasteiger partial charge < -0.3 is 4.74 Å². The molecular weight excluding hydrogens is 488 g/mol. The van der Waals surface area contributed by atoms with E-state index in [1.807, 2.05) is 42.5 Å². The van der Waals surface area contributed by atoms with Gasteiger partial charge in [0.2, 0.25) is 5.88 Å². The molecule has 0 aliphatic carbocycles. The number of fused-ring (bicyclic) bond motifs is 6. The maximum absolute atomic E-state index is 6.49. The van der Waals surface area contributed by atoms with Gasteiger partial charge in [-0.3, -0.25) is 0 Å². The zero-order valence-corrected chi connectivity index (χ0v) is 19.5. The summed E-state index contributed by atoms with van der Waals surface area (Å²) in [7, 11) is 0. The highest BCUT2D eigenvalue weighted by Crippen LogP contribution is 2.50. The van der Waals surface area contributed by atoms with E-state index in [1.165, 1.54) is 0 Å². The summed E-state index contributed by atoms with van der Waals surface area (Å²) < 4.78 is 9.18. The van der Waals surface area contributed by atoms with Crippen LogP contribution in [0.2, 0.25) is 0 Å². The number of aromatic nitrogens is 4. The van der Waals surface area contributed by atoms with Crippen LogP contribution in [0.15, 0.2) is 102 Å². The lowest BCUT2D eigenvalue weighted by atomic mass is 9.83. The van der Waals surface area contributed by atoms with Gasteiger partial charge in [0.15, 0.2) is 11.5 Å². The molecule has 0 amide bonds. The summed E-state index contributed by atoms with van der Waals surface area (Å²) in [6.07, 6.45) is 1.68. The van der Waals surface area contributed by atoms with Crippen LogP contribution in [0.5, 0.6) is 11.6 Å². The molecule has 0 unspecified atom stereocenters. The number of nitrogens with zero attached hydrogens (tertiary/aromatic N) is 4. The first-order valence-corrected chi connectivity index (χ1v) is 11.8. The fraction of sp³-hybridized carbons (Fsp3) is 0.0357. The van der Waals surface area contributed by atoms with Crippen molar-refractivity contribution in [1.29, 1.82) is 0 Å². The van der Waals surface area contributed by atoms with Crippen molar-refractivity contribution in [2.45, 2.75) is 5.92 Å². The summed E-state index contributed by atoms with van der Waals surface area (Å²) >= 11 is 3.63. The summed E-state index contributed by atoms with van der Waals surface area (Å²) in [6, 6.07) is 31.0. The number of benzene rings is 4.